The second-order valence-corrected chi connectivity index (χ2v) is 6.43. The number of nitrogens with zero attached hydrogens (tertiary/aromatic N) is 1. The highest BCUT2D eigenvalue weighted by atomic mass is 32.2. The van der Waals surface area contributed by atoms with Crippen LogP contribution >= 0.6 is 0 Å². The van der Waals surface area contributed by atoms with Crippen LogP contribution in [0.5, 0.6) is 5.75 Å². The van der Waals surface area contributed by atoms with Gasteiger partial charge in [-0.05, 0) is 30.2 Å². The fraction of sp³-hybridized carbons (Fsp3) is 0.200. The van der Waals surface area contributed by atoms with Gasteiger partial charge in [-0.1, -0.05) is 19.1 Å². The zero-order chi connectivity index (χ0) is 17.0. The molecule has 2 aromatic rings. The number of benzene rings is 2. The van der Waals surface area contributed by atoms with Crippen LogP contribution in [0.1, 0.15) is 12.5 Å². The van der Waals surface area contributed by atoms with E-state index >= 15 is 0 Å². The minimum atomic E-state index is -3.87. The van der Waals surface area contributed by atoms with E-state index in [0.29, 0.717) is 0 Å². The van der Waals surface area contributed by atoms with Gasteiger partial charge in [0.15, 0.2) is 0 Å². The van der Waals surface area contributed by atoms with Crippen LogP contribution in [0.4, 0.5) is 11.4 Å². The summed E-state index contributed by atoms with van der Waals surface area (Å²) >= 11 is 0. The van der Waals surface area contributed by atoms with Crippen LogP contribution in [0.25, 0.3) is 0 Å². The maximum atomic E-state index is 12.4. The fourth-order valence-corrected chi connectivity index (χ4v) is 3.06. The van der Waals surface area contributed by atoms with E-state index in [1.54, 1.807) is 12.1 Å². The Bertz CT molecular complexity index is 816. The molecule has 0 aliphatic carbocycles. The molecule has 1 N–H and O–H groups in total. The quantitative estimate of drug-likeness (QED) is 0.646. The van der Waals surface area contributed by atoms with E-state index in [1.807, 2.05) is 6.92 Å². The minimum absolute atomic E-state index is 0.0151. The molecule has 0 heterocycles. The molecular weight excluding hydrogens is 320 g/mol. The first-order chi connectivity index (χ1) is 10.9. The number of hydrogen-bond acceptors (Lipinski definition) is 5. The Balaban J connectivity index is 2.39. The number of sulfonamides is 1. The van der Waals surface area contributed by atoms with Gasteiger partial charge in [0.2, 0.25) is 0 Å². The molecule has 8 heteroatoms. The molecule has 0 saturated carbocycles. The van der Waals surface area contributed by atoms with Crippen LogP contribution in [0, 0.1) is 10.1 Å². The Labute approximate surface area is 134 Å². The molecule has 23 heavy (non-hydrogen) atoms. The van der Waals surface area contributed by atoms with Crippen LogP contribution in [0.3, 0.4) is 0 Å². The van der Waals surface area contributed by atoms with E-state index in [-0.39, 0.29) is 22.0 Å². The fourth-order valence-electron chi connectivity index (χ4n) is 2.00. The van der Waals surface area contributed by atoms with E-state index in [1.165, 1.54) is 31.4 Å². The normalized spacial score (nSPS) is 11.0. The van der Waals surface area contributed by atoms with Crippen LogP contribution in [0.2, 0.25) is 0 Å². The number of non-ortho nitro benzene ring substituents is 1. The summed E-state index contributed by atoms with van der Waals surface area (Å²) < 4.78 is 32.2. The first-order valence-electron chi connectivity index (χ1n) is 6.81. The maximum Gasteiger partial charge on any atom is 0.271 e. The molecule has 0 amide bonds. The monoisotopic (exact) mass is 336 g/mol. The van der Waals surface area contributed by atoms with Crippen LogP contribution in [-0.2, 0) is 16.4 Å². The third-order valence-electron chi connectivity index (χ3n) is 3.28. The van der Waals surface area contributed by atoms with Crippen molar-refractivity contribution in [1.82, 2.24) is 0 Å². The average molecular weight is 336 g/mol. The summed E-state index contributed by atoms with van der Waals surface area (Å²) in [4.78, 5) is 10.3. The summed E-state index contributed by atoms with van der Waals surface area (Å²) in [6.45, 7) is 1.97. The van der Waals surface area contributed by atoms with Gasteiger partial charge in [-0.25, -0.2) is 8.42 Å². The van der Waals surface area contributed by atoms with Crippen molar-refractivity contribution < 1.29 is 18.1 Å². The lowest BCUT2D eigenvalue weighted by atomic mass is 10.2. The third kappa shape index (κ3) is 3.78. The van der Waals surface area contributed by atoms with Crippen LogP contribution < -0.4 is 9.46 Å². The van der Waals surface area contributed by atoms with Crippen LogP contribution in [-0.4, -0.2) is 20.5 Å². The van der Waals surface area contributed by atoms with Gasteiger partial charge in [-0.2, -0.15) is 0 Å². The predicted molar refractivity (Wildman–Crippen MR) is 86.3 cm³/mol. The lowest BCUT2D eigenvalue weighted by Crippen LogP contribution is -2.14. The molecular formula is C15H16N2O5S. The zero-order valence-electron chi connectivity index (χ0n) is 12.6. The number of methoxy groups -OCH3 is 1. The van der Waals surface area contributed by atoms with Crippen molar-refractivity contribution in [3.63, 3.8) is 0 Å². The van der Waals surface area contributed by atoms with Gasteiger partial charge in [0.05, 0.1) is 22.6 Å². The molecule has 0 radical (unpaired) electrons. The number of nitrogens with one attached hydrogen (secondary N) is 1. The highest BCUT2D eigenvalue weighted by Gasteiger charge is 2.19. The number of aryl methyl sites for hydroxylation is 1. The van der Waals surface area contributed by atoms with Crippen molar-refractivity contribution in [3.05, 3.63) is 58.1 Å². The van der Waals surface area contributed by atoms with Gasteiger partial charge in [-0.15, -0.1) is 0 Å². The molecule has 0 fully saturated rings. The largest absolute Gasteiger partial charge is 0.495 e. The average Bonchev–Trinajstić information content (AvgIpc) is 2.54. The van der Waals surface area contributed by atoms with Crippen molar-refractivity contribution in [2.45, 2.75) is 18.2 Å². The summed E-state index contributed by atoms with van der Waals surface area (Å²) in [5, 5.41) is 10.8. The lowest BCUT2D eigenvalue weighted by molar-refractivity contribution is -0.384. The summed E-state index contributed by atoms with van der Waals surface area (Å²) in [5.74, 6) is 0.198. The summed E-state index contributed by atoms with van der Waals surface area (Å²) in [6, 6.07) is 10.1. The van der Waals surface area contributed by atoms with Gasteiger partial charge in [0.1, 0.15) is 5.75 Å². The van der Waals surface area contributed by atoms with E-state index in [0.717, 1.165) is 18.1 Å². The first-order valence-corrected chi connectivity index (χ1v) is 8.30. The second-order valence-electron chi connectivity index (χ2n) is 4.74. The van der Waals surface area contributed by atoms with Gasteiger partial charge in [-0.3, -0.25) is 14.8 Å². The van der Waals surface area contributed by atoms with Gasteiger partial charge >= 0.3 is 0 Å². The standard InChI is InChI=1S/C15H16N2O5S/c1-3-11-4-7-13(8-5-11)23(20,21)16-14-10-12(17(18)19)6-9-15(14)22-2/h4-10,16H,3H2,1-2H3. The van der Waals surface area contributed by atoms with Crippen molar-refractivity contribution in [2.24, 2.45) is 0 Å². The third-order valence-corrected chi connectivity index (χ3v) is 4.66. The molecule has 0 atom stereocenters. The molecule has 0 aromatic heterocycles. The van der Waals surface area contributed by atoms with Gasteiger partial charge in [0.25, 0.3) is 15.7 Å². The Kier molecular flexibility index (Phi) is 4.85. The smallest absolute Gasteiger partial charge is 0.271 e. The van der Waals surface area contributed by atoms with Crippen molar-refractivity contribution in [3.8, 4) is 5.75 Å². The SMILES string of the molecule is CCc1ccc(S(=O)(=O)Nc2cc([N+](=O)[O-])ccc2OC)cc1. The highest BCUT2D eigenvalue weighted by Crippen LogP contribution is 2.30. The topological polar surface area (TPSA) is 98.5 Å². The molecule has 2 aromatic carbocycles. The number of rotatable bonds is 6. The number of anilines is 1. The Morgan fingerprint density at radius 2 is 1.83 bits per heavy atom. The minimum Gasteiger partial charge on any atom is -0.495 e. The summed E-state index contributed by atoms with van der Waals surface area (Å²) in [5.41, 5.74) is 0.794. The zero-order valence-corrected chi connectivity index (χ0v) is 13.5. The molecule has 0 spiro atoms. The van der Waals surface area contributed by atoms with E-state index in [9.17, 15) is 18.5 Å². The lowest BCUT2D eigenvalue weighted by Gasteiger charge is -2.12. The van der Waals surface area contributed by atoms with Crippen LogP contribution in [0.15, 0.2) is 47.4 Å². The van der Waals surface area contributed by atoms with Gasteiger partial charge < -0.3 is 4.74 Å². The highest BCUT2D eigenvalue weighted by molar-refractivity contribution is 7.92. The molecule has 122 valence electrons. The molecule has 0 unspecified atom stereocenters. The second kappa shape index (κ2) is 6.66. The molecule has 0 aliphatic rings. The Hall–Kier alpha value is -2.61. The molecule has 0 saturated heterocycles. The Morgan fingerprint density at radius 1 is 1.17 bits per heavy atom. The van der Waals surface area contributed by atoms with E-state index in [4.69, 9.17) is 4.74 Å². The number of nitro benzene ring substituents is 1. The molecule has 0 bridgehead atoms. The number of ether oxygens (including phenoxy) is 1. The van der Waals surface area contributed by atoms with Crippen molar-refractivity contribution in [1.29, 1.82) is 0 Å². The number of nitro groups is 1. The first kappa shape index (κ1) is 16.8. The molecule has 2 rings (SSSR count). The van der Waals surface area contributed by atoms with E-state index < -0.39 is 14.9 Å². The maximum absolute atomic E-state index is 12.4. The van der Waals surface area contributed by atoms with Gasteiger partial charge in [0, 0.05) is 12.1 Å². The predicted octanol–water partition coefficient (Wildman–Crippen LogP) is 2.97. The summed E-state index contributed by atoms with van der Waals surface area (Å²) in [6.07, 6.45) is 0.798. The van der Waals surface area contributed by atoms with E-state index in [2.05, 4.69) is 4.72 Å². The molecule has 7 nitrogen and oxygen atoms in total. The molecule has 0 aliphatic heterocycles. The van der Waals surface area contributed by atoms with Crippen molar-refractivity contribution in [2.75, 3.05) is 11.8 Å². The Morgan fingerprint density at radius 3 is 2.35 bits per heavy atom. The van der Waals surface area contributed by atoms with Crippen molar-refractivity contribution >= 4 is 21.4 Å². The summed E-state index contributed by atoms with van der Waals surface area (Å²) in [7, 11) is -2.51. The number of hydrogen-bond donors (Lipinski definition) is 1.